The highest BCUT2D eigenvalue weighted by Crippen LogP contribution is 2.16. The second-order valence-electron chi connectivity index (χ2n) is 14.4. The molecule has 0 aromatic rings. The number of carbonyl (C=O) groups is 3. The molecule has 47 heavy (non-hydrogen) atoms. The van der Waals surface area contributed by atoms with Gasteiger partial charge in [-0.1, -0.05) is 182 Å². The van der Waals surface area contributed by atoms with Crippen LogP contribution in [0.2, 0.25) is 0 Å². The molecule has 0 heterocycles. The van der Waals surface area contributed by atoms with Gasteiger partial charge in [0.15, 0.2) is 6.10 Å². The Hall–Kier alpha value is -1.59. The molecular formula is C41H78O6. The van der Waals surface area contributed by atoms with Crippen LogP contribution in [-0.4, -0.2) is 37.2 Å². The van der Waals surface area contributed by atoms with Crippen LogP contribution in [0.25, 0.3) is 0 Å². The van der Waals surface area contributed by atoms with Crippen molar-refractivity contribution in [2.45, 2.75) is 226 Å². The summed E-state index contributed by atoms with van der Waals surface area (Å²) >= 11 is 0. The predicted octanol–water partition coefficient (Wildman–Crippen LogP) is 12.4. The van der Waals surface area contributed by atoms with E-state index in [0.29, 0.717) is 19.3 Å². The third-order valence-electron chi connectivity index (χ3n) is 9.04. The van der Waals surface area contributed by atoms with Gasteiger partial charge in [0.05, 0.1) is 0 Å². The van der Waals surface area contributed by atoms with Crippen LogP contribution in [0.15, 0.2) is 0 Å². The minimum Gasteiger partial charge on any atom is -0.462 e. The van der Waals surface area contributed by atoms with Gasteiger partial charge in [0.25, 0.3) is 0 Å². The van der Waals surface area contributed by atoms with Gasteiger partial charge in [0.1, 0.15) is 13.2 Å². The summed E-state index contributed by atoms with van der Waals surface area (Å²) in [7, 11) is 0. The van der Waals surface area contributed by atoms with E-state index in [-0.39, 0.29) is 31.1 Å². The predicted molar refractivity (Wildman–Crippen MR) is 196 cm³/mol. The molecule has 0 aliphatic heterocycles. The second kappa shape index (κ2) is 35.7. The smallest absolute Gasteiger partial charge is 0.306 e. The van der Waals surface area contributed by atoms with Gasteiger partial charge in [-0.2, -0.15) is 0 Å². The van der Waals surface area contributed by atoms with Crippen molar-refractivity contribution in [2.75, 3.05) is 13.2 Å². The molecule has 0 aromatic heterocycles. The monoisotopic (exact) mass is 667 g/mol. The number of carbonyl (C=O) groups excluding carboxylic acids is 3. The van der Waals surface area contributed by atoms with Crippen LogP contribution in [0.5, 0.6) is 0 Å². The number of hydrogen-bond donors (Lipinski definition) is 0. The Morgan fingerprint density at radius 3 is 1.04 bits per heavy atom. The molecule has 0 aliphatic rings. The van der Waals surface area contributed by atoms with E-state index in [1.165, 1.54) is 103 Å². The molecule has 278 valence electrons. The fourth-order valence-corrected chi connectivity index (χ4v) is 5.92. The van der Waals surface area contributed by atoms with Crippen LogP contribution in [0.4, 0.5) is 0 Å². The Labute approximate surface area is 291 Å². The summed E-state index contributed by atoms with van der Waals surface area (Å²) in [5, 5.41) is 0. The molecule has 0 bridgehead atoms. The average molecular weight is 667 g/mol. The summed E-state index contributed by atoms with van der Waals surface area (Å²) in [5.74, 6) is -0.0375. The second-order valence-corrected chi connectivity index (χ2v) is 14.4. The Kier molecular flexibility index (Phi) is 34.5. The van der Waals surface area contributed by atoms with Gasteiger partial charge in [-0.3, -0.25) is 14.4 Å². The van der Waals surface area contributed by atoms with E-state index < -0.39 is 6.10 Å². The molecule has 0 unspecified atom stereocenters. The zero-order valence-corrected chi connectivity index (χ0v) is 31.7. The van der Waals surface area contributed by atoms with E-state index in [2.05, 4.69) is 27.7 Å². The number of esters is 3. The van der Waals surface area contributed by atoms with E-state index in [9.17, 15) is 14.4 Å². The Morgan fingerprint density at radius 2 is 0.702 bits per heavy atom. The number of unbranched alkanes of at least 4 members (excludes halogenated alkanes) is 23. The molecule has 1 atom stereocenters. The first-order valence-corrected chi connectivity index (χ1v) is 20.4. The average Bonchev–Trinajstić information content (AvgIpc) is 3.05. The standard InChI is InChI=1S/C41H78O6/c1-5-7-9-23-28-32-39(42)45-35-38(47-41(44)34-30-24-10-8-6-2)36-46-40(43)33-29-26-22-20-18-16-14-12-11-13-15-17-19-21-25-27-31-37(3)4/h37-38H,5-36H2,1-4H3/t38-/m1/s1. The topological polar surface area (TPSA) is 78.9 Å². The first kappa shape index (κ1) is 45.4. The van der Waals surface area contributed by atoms with Crippen LogP contribution in [0.3, 0.4) is 0 Å². The fraction of sp³-hybridized carbons (Fsp3) is 0.927. The zero-order chi connectivity index (χ0) is 34.6. The molecule has 0 saturated heterocycles. The largest absolute Gasteiger partial charge is 0.462 e. The molecule has 6 nitrogen and oxygen atoms in total. The maximum atomic E-state index is 12.4. The molecule has 0 radical (unpaired) electrons. The van der Waals surface area contributed by atoms with Crippen molar-refractivity contribution in [3.63, 3.8) is 0 Å². The lowest BCUT2D eigenvalue weighted by molar-refractivity contribution is -0.167. The molecule has 0 N–H and O–H groups in total. The molecule has 0 aromatic carbocycles. The van der Waals surface area contributed by atoms with Gasteiger partial charge in [0, 0.05) is 19.3 Å². The lowest BCUT2D eigenvalue weighted by Crippen LogP contribution is -2.30. The summed E-state index contributed by atoms with van der Waals surface area (Å²) in [6, 6.07) is 0. The van der Waals surface area contributed by atoms with Crippen molar-refractivity contribution in [3.8, 4) is 0 Å². The van der Waals surface area contributed by atoms with Crippen molar-refractivity contribution in [3.05, 3.63) is 0 Å². The number of ether oxygens (including phenoxy) is 3. The van der Waals surface area contributed by atoms with Gasteiger partial charge < -0.3 is 14.2 Å². The molecule has 0 amide bonds. The van der Waals surface area contributed by atoms with Crippen LogP contribution < -0.4 is 0 Å². The molecular weight excluding hydrogens is 588 g/mol. The van der Waals surface area contributed by atoms with Crippen LogP contribution in [0.1, 0.15) is 220 Å². The zero-order valence-electron chi connectivity index (χ0n) is 31.7. The number of rotatable bonds is 36. The van der Waals surface area contributed by atoms with E-state index in [1.807, 2.05) is 0 Å². The van der Waals surface area contributed by atoms with Crippen LogP contribution in [0, 0.1) is 5.92 Å². The minimum atomic E-state index is -0.754. The lowest BCUT2D eigenvalue weighted by atomic mass is 10.0. The van der Waals surface area contributed by atoms with Gasteiger partial charge in [0.2, 0.25) is 0 Å². The van der Waals surface area contributed by atoms with E-state index in [0.717, 1.165) is 76.5 Å². The van der Waals surface area contributed by atoms with Crippen LogP contribution in [-0.2, 0) is 28.6 Å². The molecule has 6 heteroatoms. The van der Waals surface area contributed by atoms with Crippen molar-refractivity contribution in [1.82, 2.24) is 0 Å². The third-order valence-corrected chi connectivity index (χ3v) is 9.04. The van der Waals surface area contributed by atoms with E-state index >= 15 is 0 Å². The van der Waals surface area contributed by atoms with Gasteiger partial charge in [-0.15, -0.1) is 0 Å². The van der Waals surface area contributed by atoms with E-state index in [1.54, 1.807) is 0 Å². The number of hydrogen-bond acceptors (Lipinski definition) is 6. The fourth-order valence-electron chi connectivity index (χ4n) is 5.92. The van der Waals surface area contributed by atoms with Crippen molar-refractivity contribution < 1.29 is 28.6 Å². The highest BCUT2D eigenvalue weighted by molar-refractivity contribution is 5.71. The van der Waals surface area contributed by atoms with Gasteiger partial charge in [-0.05, 0) is 25.2 Å². The minimum absolute atomic E-state index is 0.0668. The maximum absolute atomic E-state index is 12.4. The lowest BCUT2D eigenvalue weighted by Gasteiger charge is -2.18. The van der Waals surface area contributed by atoms with Gasteiger partial charge >= 0.3 is 17.9 Å². The summed E-state index contributed by atoms with van der Waals surface area (Å²) < 4.78 is 16.4. The first-order valence-electron chi connectivity index (χ1n) is 20.4. The highest BCUT2D eigenvalue weighted by atomic mass is 16.6. The molecule has 0 rings (SSSR count). The molecule has 0 saturated carbocycles. The summed E-state index contributed by atoms with van der Waals surface area (Å²) in [6.45, 7) is 8.83. The Morgan fingerprint density at radius 1 is 0.404 bits per heavy atom. The maximum Gasteiger partial charge on any atom is 0.306 e. The summed E-state index contributed by atoms with van der Waals surface area (Å²) in [6.07, 6.45) is 33.0. The van der Waals surface area contributed by atoms with Crippen LogP contribution >= 0.6 is 0 Å². The Bertz CT molecular complexity index is 706. The van der Waals surface area contributed by atoms with E-state index in [4.69, 9.17) is 14.2 Å². The van der Waals surface area contributed by atoms with Crippen molar-refractivity contribution in [1.29, 1.82) is 0 Å². The SMILES string of the molecule is CCCCCCCC(=O)OC[C@H](COC(=O)CCCCCCCCCCCCCCCCCCC(C)C)OC(=O)CCCCCCC. The van der Waals surface area contributed by atoms with Gasteiger partial charge in [-0.25, -0.2) is 0 Å². The highest BCUT2D eigenvalue weighted by Gasteiger charge is 2.19. The molecule has 0 aliphatic carbocycles. The third kappa shape index (κ3) is 35.5. The normalized spacial score (nSPS) is 11.9. The quantitative estimate of drug-likeness (QED) is 0.0376. The first-order chi connectivity index (χ1) is 22.9. The Balaban J connectivity index is 3.98. The van der Waals surface area contributed by atoms with Crippen molar-refractivity contribution in [2.24, 2.45) is 5.92 Å². The molecule has 0 spiro atoms. The summed E-state index contributed by atoms with van der Waals surface area (Å²) in [5.41, 5.74) is 0. The summed E-state index contributed by atoms with van der Waals surface area (Å²) in [4.78, 5) is 37.0. The van der Waals surface area contributed by atoms with Crippen molar-refractivity contribution >= 4 is 17.9 Å². The molecule has 0 fully saturated rings.